The van der Waals surface area contributed by atoms with Crippen molar-refractivity contribution in [2.75, 3.05) is 13.1 Å². The Balaban J connectivity index is 1.29. The minimum Gasteiger partial charge on any atom is -0.481 e. The molecule has 0 aromatic heterocycles. The third-order valence-electron chi connectivity index (χ3n) is 9.75. The average Bonchev–Trinajstić information content (AvgIpc) is 3.61. The molecule has 0 radical (unpaired) electrons. The van der Waals surface area contributed by atoms with Crippen LogP contribution >= 0.6 is 0 Å². The fraction of sp³-hybridized carbons (Fsp3) is 0.667. The molecule has 1 aromatic rings. The van der Waals surface area contributed by atoms with Crippen LogP contribution < -0.4 is 9.47 Å². The lowest BCUT2D eigenvalue weighted by molar-refractivity contribution is -0.271. The molecule has 10 nitrogen and oxygen atoms in total. The highest BCUT2D eigenvalue weighted by atomic mass is 16.7. The van der Waals surface area contributed by atoms with Crippen LogP contribution in [-0.2, 0) is 21.4 Å². The van der Waals surface area contributed by atoms with Crippen molar-refractivity contribution in [2.24, 2.45) is 5.92 Å². The van der Waals surface area contributed by atoms with E-state index in [2.05, 4.69) is 11.5 Å². The second-order valence-corrected chi connectivity index (χ2v) is 11.7. The van der Waals surface area contributed by atoms with Crippen LogP contribution in [0.4, 0.5) is 0 Å². The predicted octanol–water partition coefficient (Wildman–Crippen LogP) is 0.0779. The first kappa shape index (κ1) is 23.9. The van der Waals surface area contributed by atoms with Gasteiger partial charge in [-0.25, -0.2) is 4.79 Å². The molecule has 1 spiro atoms. The molecule has 5 N–H and O–H groups in total. The Morgan fingerprint density at radius 1 is 1.16 bits per heavy atom. The van der Waals surface area contributed by atoms with Crippen molar-refractivity contribution in [3.8, 4) is 11.5 Å². The molecule has 4 fully saturated rings. The molecule has 0 amide bonds. The van der Waals surface area contributed by atoms with Crippen LogP contribution in [0.2, 0.25) is 0 Å². The molecular formula is C27H33NO9. The normalized spacial score (nSPS) is 44.2. The number of benzene rings is 1. The van der Waals surface area contributed by atoms with E-state index in [0.717, 1.165) is 29.8 Å². The van der Waals surface area contributed by atoms with E-state index >= 15 is 0 Å². The Hall–Kier alpha value is -2.21. The number of piperidine rings is 1. The van der Waals surface area contributed by atoms with Gasteiger partial charge in [-0.1, -0.05) is 12.6 Å². The number of aliphatic hydroxyl groups excluding tert-OH is 3. The van der Waals surface area contributed by atoms with E-state index in [9.17, 15) is 30.3 Å². The fourth-order valence-corrected chi connectivity index (χ4v) is 7.75. The van der Waals surface area contributed by atoms with E-state index in [0.29, 0.717) is 37.4 Å². The summed E-state index contributed by atoms with van der Waals surface area (Å²) in [7, 11) is 0. The molecule has 3 aliphatic carbocycles. The molecule has 1 aromatic carbocycles. The number of carbonyl (C=O) groups is 1. The molecule has 2 saturated carbocycles. The summed E-state index contributed by atoms with van der Waals surface area (Å²) in [5, 5.41) is 52.6. The van der Waals surface area contributed by atoms with Gasteiger partial charge in [0.15, 0.2) is 17.6 Å². The number of carboxylic acid groups (broad SMARTS) is 1. The zero-order valence-corrected chi connectivity index (χ0v) is 20.5. The molecular weight excluding hydrogens is 482 g/mol. The van der Waals surface area contributed by atoms with Crippen LogP contribution in [0, 0.1) is 5.92 Å². The molecule has 200 valence electrons. The van der Waals surface area contributed by atoms with Crippen molar-refractivity contribution >= 4 is 5.97 Å². The standard InChI is InChI=1S/C27H33NO9/c1-12-6-7-27(34)16-10-14-4-5-15(35-25-20(31)18(29)19(30)22(37-25)24(32)33)21-17(14)26(27,23(12)36-21)8-9-28(16)11-13-2-3-13/h4-5,13,16,18-20,22-23,25,29-31,34H,1-3,6-11H2,(H,32,33)/t16-,18+,19+,20-,22+,23+,25-,26+,27-/m1/s1. The molecule has 37 heavy (non-hydrogen) atoms. The molecule has 3 aliphatic heterocycles. The van der Waals surface area contributed by atoms with Crippen LogP contribution in [0.5, 0.6) is 11.5 Å². The van der Waals surface area contributed by atoms with E-state index in [-0.39, 0.29) is 11.8 Å². The van der Waals surface area contributed by atoms with Crippen molar-refractivity contribution in [1.82, 2.24) is 4.90 Å². The summed E-state index contributed by atoms with van der Waals surface area (Å²) >= 11 is 0. The molecule has 3 heterocycles. The third-order valence-corrected chi connectivity index (χ3v) is 9.75. The maximum atomic E-state index is 12.5. The Bertz CT molecular complexity index is 1170. The van der Waals surface area contributed by atoms with Crippen molar-refractivity contribution in [3.05, 3.63) is 35.4 Å². The molecule has 9 atom stereocenters. The summed E-state index contributed by atoms with van der Waals surface area (Å²) < 4.78 is 17.9. The number of hydrogen-bond acceptors (Lipinski definition) is 9. The van der Waals surface area contributed by atoms with Crippen molar-refractivity contribution < 1.29 is 44.5 Å². The van der Waals surface area contributed by atoms with E-state index in [1.54, 1.807) is 6.07 Å². The summed E-state index contributed by atoms with van der Waals surface area (Å²) in [5.74, 6) is -0.0896. The van der Waals surface area contributed by atoms with Gasteiger partial charge >= 0.3 is 5.97 Å². The van der Waals surface area contributed by atoms with Gasteiger partial charge in [0.25, 0.3) is 0 Å². The largest absolute Gasteiger partial charge is 0.481 e. The minimum absolute atomic E-state index is 0.0114. The molecule has 6 aliphatic rings. The van der Waals surface area contributed by atoms with Crippen LogP contribution in [0.3, 0.4) is 0 Å². The lowest BCUT2D eigenvalue weighted by Crippen LogP contribution is -2.75. The lowest BCUT2D eigenvalue weighted by atomic mass is 9.48. The number of likely N-dealkylation sites (tertiary alicyclic amines) is 1. The summed E-state index contributed by atoms with van der Waals surface area (Å²) in [6.07, 6.45) is -3.82. The smallest absolute Gasteiger partial charge is 0.335 e. The first-order chi connectivity index (χ1) is 17.7. The monoisotopic (exact) mass is 515 g/mol. The molecule has 0 unspecified atom stereocenters. The van der Waals surface area contributed by atoms with Crippen molar-refractivity contribution in [2.45, 2.75) is 92.4 Å². The molecule has 2 bridgehead atoms. The first-order valence-corrected chi connectivity index (χ1v) is 13.2. The number of rotatable bonds is 5. The second kappa shape index (κ2) is 7.91. The maximum absolute atomic E-state index is 12.5. The highest BCUT2D eigenvalue weighted by molar-refractivity contribution is 5.73. The SMILES string of the molecule is C=C1CC[C@@]2(O)[C@H]3Cc4ccc(O[C@@H]5O[C@H](C(=O)O)[C@@H](O)[C@H](O)[C@H]5O)c5c4[C@@]2(CCN3CC2CC2)[C@H]1O5. The van der Waals surface area contributed by atoms with Crippen LogP contribution in [-0.4, -0.2) is 97.9 Å². The predicted molar refractivity (Wildman–Crippen MR) is 127 cm³/mol. The molecule has 7 rings (SSSR count). The zero-order chi connectivity index (χ0) is 25.9. The van der Waals surface area contributed by atoms with Gasteiger partial charge in [0.2, 0.25) is 6.29 Å². The van der Waals surface area contributed by atoms with Crippen molar-refractivity contribution in [1.29, 1.82) is 0 Å². The lowest BCUT2D eigenvalue weighted by Gasteiger charge is -2.63. The Labute approximate surface area is 214 Å². The van der Waals surface area contributed by atoms with Gasteiger partial charge in [-0.2, -0.15) is 0 Å². The number of nitrogens with zero attached hydrogens (tertiary/aromatic N) is 1. The van der Waals surface area contributed by atoms with Gasteiger partial charge in [0.1, 0.15) is 24.4 Å². The first-order valence-electron chi connectivity index (χ1n) is 13.2. The van der Waals surface area contributed by atoms with Gasteiger partial charge < -0.3 is 39.7 Å². The Morgan fingerprint density at radius 3 is 2.68 bits per heavy atom. The summed E-state index contributed by atoms with van der Waals surface area (Å²) in [4.78, 5) is 14.0. The van der Waals surface area contributed by atoms with Crippen molar-refractivity contribution in [3.63, 3.8) is 0 Å². The van der Waals surface area contributed by atoms with E-state index in [4.69, 9.17) is 14.2 Å². The van der Waals surface area contributed by atoms with Gasteiger partial charge in [-0.3, -0.25) is 4.90 Å². The average molecular weight is 516 g/mol. The van der Waals surface area contributed by atoms with E-state index in [1.807, 2.05) is 6.07 Å². The quantitative estimate of drug-likeness (QED) is 0.341. The van der Waals surface area contributed by atoms with Crippen LogP contribution in [0.15, 0.2) is 24.3 Å². The van der Waals surface area contributed by atoms with Gasteiger partial charge in [-0.15, -0.1) is 0 Å². The Morgan fingerprint density at radius 2 is 1.95 bits per heavy atom. The fourth-order valence-electron chi connectivity index (χ4n) is 7.75. The highest BCUT2D eigenvalue weighted by Crippen LogP contribution is 2.66. The number of carboxylic acids is 1. The molecule has 10 heteroatoms. The number of aliphatic hydroxyl groups is 4. The van der Waals surface area contributed by atoms with Gasteiger partial charge in [0.05, 0.1) is 11.0 Å². The van der Waals surface area contributed by atoms with Gasteiger partial charge in [0, 0.05) is 18.2 Å². The molecule has 2 saturated heterocycles. The summed E-state index contributed by atoms with van der Waals surface area (Å²) in [6, 6.07) is 3.64. The third kappa shape index (κ3) is 3.11. The summed E-state index contributed by atoms with van der Waals surface area (Å²) in [6.45, 7) is 6.17. The highest BCUT2D eigenvalue weighted by Gasteiger charge is 2.72. The van der Waals surface area contributed by atoms with Crippen LogP contribution in [0.25, 0.3) is 0 Å². The maximum Gasteiger partial charge on any atom is 0.335 e. The summed E-state index contributed by atoms with van der Waals surface area (Å²) in [5.41, 5.74) is 1.26. The van der Waals surface area contributed by atoms with Crippen LogP contribution in [0.1, 0.15) is 43.2 Å². The van der Waals surface area contributed by atoms with E-state index in [1.165, 1.54) is 12.8 Å². The minimum atomic E-state index is -1.81. The van der Waals surface area contributed by atoms with Gasteiger partial charge in [-0.05, 0) is 68.2 Å². The second-order valence-electron chi connectivity index (χ2n) is 11.7. The van der Waals surface area contributed by atoms with E-state index < -0.39 is 53.8 Å². The zero-order valence-electron chi connectivity index (χ0n) is 20.5. The number of aliphatic carboxylic acids is 1. The number of hydrogen-bond donors (Lipinski definition) is 5. The Kier molecular flexibility index (Phi) is 5.10. The number of ether oxygens (including phenoxy) is 3. The topological polar surface area (TPSA) is 149 Å².